The Morgan fingerprint density at radius 3 is 2.92 bits per heavy atom. The Morgan fingerprint density at radius 2 is 2.21 bits per heavy atom. The molecule has 0 bridgehead atoms. The molecule has 1 N–H and O–H groups in total. The molecule has 24 heavy (non-hydrogen) atoms. The van der Waals surface area contributed by atoms with Gasteiger partial charge >= 0.3 is 0 Å². The van der Waals surface area contributed by atoms with E-state index >= 15 is 0 Å². The van der Waals surface area contributed by atoms with Gasteiger partial charge < -0.3 is 5.32 Å². The van der Waals surface area contributed by atoms with Crippen LogP contribution in [-0.4, -0.2) is 20.7 Å². The molecule has 0 spiro atoms. The first kappa shape index (κ1) is 17.2. The number of carbonyl (C=O) groups is 1. The van der Waals surface area contributed by atoms with Crippen LogP contribution in [0.3, 0.4) is 0 Å². The third-order valence-electron chi connectivity index (χ3n) is 3.52. The first-order chi connectivity index (χ1) is 11.6. The Balaban J connectivity index is 1.75. The van der Waals surface area contributed by atoms with Gasteiger partial charge in [0.15, 0.2) is 5.16 Å². The predicted molar refractivity (Wildman–Crippen MR) is 101 cm³/mol. The smallest absolute Gasteiger partial charge is 0.272 e. The van der Waals surface area contributed by atoms with Crippen molar-refractivity contribution < 1.29 is 4.79 Å². The molecule has 0 aliphatic carbocycles. The van der Waals surface area contributed by atoms with Crippen LogP contribution < -0.4 is 10.9 Å². The second kappa shape index (κ2) is 7.50. The zero-order valence-electron chi connectivity index (χ0n) is 13.3. The Hall–Kier alpha value is -1.64. The molecule has 3 aromatic heterocycles. The molecule has 0 aromatic carbocycles. The van der Waals surface area contributed by atoms with Crippen molar-refractivity contribution in [2.24, 2.45) is 0 Å². The molecule has 3 aromatic rings. The lowest BCUT2D eigenvalue weighted by Gasteiger charge is -2.14. The van der Waals surface area contributed by atoms with Crippen LogP contribution in [0.1, 0.15) is 18.7 Å². The van der Waals surface area contributed by atoms with Gasteiger partial charge in [0.2, 0.25) is 5.91 Å². The minimum atomic E-state index is -0.328. The highest BCUT2D eigenvalue weighted by atomic mass is 32.2. The first-order valence-corrected chi connectivity index (χ1v) is 10.2. The molecule has 1 atom stereocenters. The third-order valence-corrected chi connectivity index (χ3v) is 6.37. The molecule has 8 heteroatoms. The summed E-state index contributed by atoms with van der Waals surface area (Å²) in [5.74, 6) is -0.0595. The first-order valence-electron chi connectivity index (χ1n) is 7.55. The van der Waals surface area contributed by atoms with Crippen molar-refractivity contribution in [1.82, 2.24) is 14.9 Å². The van der Waals surface area contributed by atoms with Crippen LogP contribution in [0.5, 0.6) is 0 Å². The molecule has 0 aliphatic rings. The minimum Gasteiger partial charge on any atom is -0.350 e. The summed E-state index contributed by atoms with van der Waals surface area (Å²) in [4.78, 5) is 30.5. The second-order valence-electron chi connectivity index (χ2n) is 5.14. The fourth-order valence-electron chi connectivity index (χ4n) is 2.24. The summed E-state index contributed by atoms with van der Waals surface area (Å²) in [6.07, 6.45) is 0. The van der Waals surface area contributed by atoms with Crippen molar-refractivity contribution in [3.05, 3.63) is 44.2 Å². The lowest BCUT2D eigenvalue weighted by molar-refractivity contribution is -0.120. The average Bonchev–Trinajstić information content (AvgIpc) is 3.24. The molecule has 0 saturated carbocycles. The van der Waals surface area contributed by atoms with Crippen molar-refractivity contribution in [2.75, 3.05) is 0 Å². The molecule has 1 amide bonds. The Bertz CT molecular complexity index is 899. The lowest BCUT2D eigenvalue weighted by atomic mass is 10.4. The van der Waals surface area contributed by atoms with Crippen molar-refractivity contribution in [3.8, 4) is 0 Å². The maximum Gasteiger partial charge on any atom is 0.272 e. The quantitative estimate of drug-likeness (QED) is 0.527. The summed E-state index contributed by atoms with van der Waals surface area (Å²) in [5.41, 5.74) is 0.662. The van der Waals surface area contributed by atoms with Crippen LogP contribution in [0.2, 0.25) is 0 Å². The number of hydrogen-bond donors (Lipinski definition) is 1. The SMILES string of the molecule is CCn1c(SC(C)C(=O)NCc2cccs2)nc2ccsc2c1=O. The van der Waals surface area contributed by atoms with E-state index in [2.05, 4.69) is 10.3 Å². The summed E-state index contributed by atoms with van der Waals surface area (Å²) in [6, 6.07) is 5.79. The van der Waals surface area contributed by atoms with Crippen LogP contribution >= 0.6 is 34.4 Å². The number of nitrogens with one attached hydrogen (secondary N) is 1. The average molecular weight is 380 g/mol. The summed E-state index contributed by atoms with van der Waals surface area (Å²) in [6.45, 7) is 4.80. The van der Waals surface area contributed by atoms with E-state index in [1.165, 1.54) is 23.1 Å². The lowest BCUT2D eigenvalue weighted by Crippen LogP contribution is -2.31. The van der Waals surface area contributed by atoms with E-state index < -0.39 is 0 Å². The predicted octanol–water partition coefficient (Wildman–Crippen LogP) is 3.34. The highest BCUT2D eigenvalue weighted by Gasteiger charge is 2.19. The Labute approximate surface area is 151 Å². The van der Waals surface area contributed by atoms with E-state index in [0.29, 0.717) is 28.5 Å². The summed E-state index contributed by atoms with van der Waals surface area (Å²) >= 11 is 4.33. The molecular weight excluding hydrogens is 362 g/mol. The van der Waals surface area contributed by atoms with E-state index in [0.717, 1.165) is 4.88 Å². The molecule has 1 unspecified atom stereocenters. The van der Waals surface area contributed by atoms with E-state index in [-0.39, 0.29) is 16.7 Å². The largest absolute Gasteiger partial charge is 0.350 e. The molecule has 3 rings (SSSR count). The van der Waals surface area contributed by atoms with E-state index in [9.17, 15) is 9.59 Å². The zero-order valence-corrected chi connectivity index (χ0v) is 15.8. The summed E-state index contributed by atoms with van der Waals surface area (Å²) < 4.78 is 2.29. The second-order valence-corrected chi connectivity index (χ2v) is 8.39. The van der Waals surface area contributed by atoms with Gasteiger partial charge in [-0.25, -0.2) is 4.98 Å². The van der Waals surface area contributed by atoms with Crippen molar-refractivity contribution >= 4 is 50.6 Å². The van der Waals surface area contributed by atoms with E-state index in [1.54, 1.807) is 15.9 Å². The molecule has 3 heterocycles. The number of nitrogens with zero attached hydrogens (tertiary/aromatic N) is 2. The third kappa shape index (κ3) is 3.55. The van der Waals surface area contributed by atoms with Crippen LogP contribution in [0.25, 0.3) is 10.2 Å². The fourth-order valence-corrected chi connectivity index (χ4v) is 4.65. The van der Waals surface area contributed by atoms with Gasteiger partial charge in [0, 0.05) is 11.4 Å². The fraction of sp³-hybridized carbons (Fsp3) is 0.312. The van der Waals surface area contributed by atoms with Crippen molar-refractivity contribution in [2.45, 2.75) is 37.3 Å². The van der Waals surface area contributed by atoms with E-state index in [1.807, 2.05) is 42.8 Å². The van der Waals surface area contributed by atoms with Crippen molar-refractivity contribution in [1.29, 1.82) is 0 Å². The molecule has 5 nitrogen and oxygen atoms in total. The molecule has 126 valence electrons. The number of thiophene rings is 2. The van der Waals surface area contributed by atoms with Crippen LogP contribution in [0, 0.1) is 0 Å². The summed E-state index contributed by atoms with van der Waals surface area (Å²) in [7, 11) is 0. The Morgan fingerprint density at radius 1 is 1.38 bits per heavy atom. The van der Waals surface area contributed by atoms with Gasteiger partial charge in [0.05, 0.1) is 17.3 Å². The zero-order chi connectivity index (χ0) is 17.1. The number of amides is 1. The number of rotatable bonds is 6. The number of aromatic nitrogens is 2. The standard InChI is InChI=1S/C16H17N3O2S3/c1-3-19-15(21)13-12(6-8-23-13)18-16(19)24-10(2)14(20)17-9-11-5-4-7-22-11/h4-8,10H,3,9H2,1-2H3,(H,17,20). The molecule has 0 fully saturated rings. The minimum absolute atomic E-state index is 0.0359. The highest BCUT2D eigenvalue weighted by Crippen LogP contribution is 2.24. The maximum absolute atomic E-state index is 12.5. The van der Waals surface area contributed by atoms with Gasteiger partial charge in [-0.1, -0.05) is 17.8 Å². The Kier molecular flexibility index (Phi) is 5.37. The molecule has 0 aliphatic heterocycles. The normalized spacial score (nSPS) is 12.4. The molecule has 0 saturated heterocycles. The van der Waals surface area contributed by atoms with Crippen molar-refractivity contribution in [3.63, 3.8) is 0 Å². The summed E-state index contributed by atoms with van der Waals surface area (Å²) in [5, 5.41) is 7.04. The maximum atomic E-state index is 12.5. The van der Waals surface area contributed by atoms with E-state index in [4.69, 9.17) is 0 Å². The number of hydrogen-bond acceptors (Lipinski definition) is 6. The highest BCUT2D eigenvalue weighted by molar-refractivity contribution is 8.00. The van der Waals surface area contributed by atoms with Gasteiger partial charge in [0.1, 0.15) is 4.70 Å². The van der Waals surface area contributed by atoms with Gasteiger partial charge in [0.25, 0.3) is 5.56 Å². The number of carbonyl (C=O) groups excluding carboxylic acids is 1. The molecule has 0 radical (unpaired) electrons. The van der Waals surface area contributed by atoms with Gasteiger partial charge in [-0.3, -0.25) is 14.2 Å². The topological polar surface area (TPSA) is 64.0 Å². The number of thioether (sulfide) groups is 1. The number of fused-ring (bicyclic) bond motifs is 1. The van der Waals surface area contributed by atoms with Crippen LogP contribution in [0.15, 0.2) is 38.9 Å². The van der Waals surface area contributed by atoms with Gasteiger partial charge in [-0.15, -0.1) is 22.7 Å². The van der Waals surface area contributed by atoms with Crippen LogP contribution in [0.4, 0.5) is 0 Å². The molecular formula is C16H17N3O2S3. The van der Waals surface area contributed by atoms with Crippen LogP contribution in [-0.2, 0) is 17.9 Å². The van der Waals surface area contributed by atoms with Gasteiger partial charge in [-0.2, -0.15) is 0 Å². The monoisotopic (exact) mass is 379 g/mol. The van der Waals surface area contributed by atoms with Gasteiger partial charge in [-0.05, 0) is 36.7 Å².